The zero-order valence-corrected chi connectivity index (χ0v) is 11.6. The minimum Gasteiger partial charge on any atom is -0.219 e. The van der Waals surface area contributed by atoms with Gasteiger partial charge in [-0.3, -0.25) is 0 Å². The van der Waals surface area contributed by atoms with E-state index in [1.165, 1.54) is 22.6 Å². The molecule has 0 aliphatic heterocycles. The van der Waals surface area contributed by atoms with Gasteiger partial charge in [0, 0.05) is 0 Å². The number of rotatable bonds is 5. The molecule has 0 aromatic heterocycles. The molecule has 0 nitrogen and oxygen atoms in total. The second-order valence-electron chi connectivity index (χ2n) is 3.76. The normalized spacial score (nSPS) is 15.1. The molecule has 0 spiro atoms. The lowest BCUT2D eigenvalue weighted by atomic mass is 10.0. The lowest BCUT2D eigenvalue weighted by Crippen LogP contribution is -2.51. The summed E-state index contributed by atoms with van der Waals surface area (Å²) in [5.41, 5.74) is -5.28. The lowest BCUT2D eigenvalue weighted by Gasteiger charge is -2.27. The Morgan fingerprint density at radius 2 is 1.39 bits per heavy atom. The molecule has 108 valence electrons. The van der Waals surface area contributed by atoms with Gasteiger partial charge in [0.2, 0.25) is 0 Å². The van der Waals surface area contributed by atoms with Crippen molar-refractivity contribution < 1.29 is 30.7 Å². The van der Waals surface area contributed by atoms with Crippen LogP contribution < -0.4 is 0 Å². The molecule has 0 aliphatic rings. The number of hydrogen-bond acceptors (Lipinski definition) is 0. The quantitative estimate of drug-likeness (QED) is 0.319. The van der Waals surface area contributed by atoms with E-state index < -0.39 is 18.0 Å². The Hall–Kier alpha value is -0.0200. The van der Waals surface area contributed by atoms with Crippen LogP contribution in [0.1, 0.15) is 32.6 Å². The summed E-state index contributed by atoms with van der Waals surface area (Å²) in [6.07, 6.45) is -10.5. The fourth-order valence-corrected chi connectivity index (χ4v) is 1.97. The monoisotopic (exact) mass is 392 g/mol. The van der Waals surface area contributed by atoms with Gasteiger partial charge in [-0.25, -0.2) is 4.39 Å². The van der Waals surface area contributed by atoms with E-state index in [2.05, 4.69) is 0 Å². The molecule has 0 radical (unpaired) electrons. The SMILES string of the molecule is CCCCCC(I)=CC(F)(C(F)(F)F)C(F)(F)F. The molecule has 0 atom stereocenters. The van der Waals surface area contributed by atoms with Gasteiger partial charge in [-0.05, 0) is 45.1 Å². The van der Waals surface area contributed by atoms with Gasteiger partial charge >= 0.3 is 18.0 Å². The Morgan fingerprint density at radius 3 is 1.72 bits per heavy atom. The number of hydrogen-bond donors (Lipinski definition) is 0. The van der Waals surface area contributed by atoms with Gasteiger partial charge in [-0.2, -0.15) is 26.3 Å². The second-order valence-corrected chi connectivity index (χ2v) is 5.14. The highest BCUT2D eigenvalue weighted by Gasteiger charge is 2.71. The van der Waals surface area contributed by atoms with Crippen LogP contribution in [0.2, 0.25) is 0 Å². The Kier molecular flexibility index (Phi) is 6.42. The summed E-state index contributed by atoms with van der Waals surface area (Å²) in [6, 6.07) is 0. The smallest absolute Gasteiger partial charge is 0.219 e. The molecule has 0 rings (SSSR count). The van der Waals surface area contributed by atoms with Gasteiger partial charge in [-0.1, -0.05) is 19.8 Å². The van der Waals surface area contributed by atoms with Crippen molar-refractivity contribution in [2.45, 2.75) is 50.6 Å². The molecule has 0 amide bonds. The van der Waals surface area contributed by atoms with Crippen molar-refractivity contribution in [2.75, 3.05) is 0 Å². The molecular formula is C10H12F7I. The van der Waals surface area contributed by atoms with Gasteiger partial charge < -0.3 is 0 Å². The average molecular weight is 392 g/mol. The molecule has 0 N–H and O–H groups in total. The zero-order valence-electron chi connectivity index (χ0n) is 9.43. The predicted molar refractivity (Wildman–Crippen MR) is 62.2 cm³/mol. The van der Waals surface area contributed by atoms with E-state index in [0.717, 1.165) is 6.42 Å². The third kappa shape index (κ3) is 4.58. The van der Waals surface area contributed by atoms with Crippen LogP contribution in [0.3, 0.4) is 0 Å². The Balaban J connectivity index is 5.09. The van der Waals surface area contributed by atoms with Crippen LogP contribution in [0, 0.1) is 0 Å². The predicted octanol–water partition coefficient (Wildman–Crippen LogP) is 5.72. The molecule has 0 heterocycles. The second kappa shape index (κ2) is 6.42. The standard InChI is InChI=1S/C10H12F7I/c1-2-3-4-5-7(18)6-8(11,9(12,13)14)10(15,16)17/h6H,2-5H2,1H3. The first-order valence-corrected chi connectivity index (χ1v) is 6.23. The average Bonchev–Trinajstić information content (AvgIpc) is 2.14. The van der Waals surface area contributed by atoms with E-state index in [1.54, 1.807) is 0 Å². The summed E-state index contributed by atoms with van der Waals surface area (Å²) in [7, 11) is 0. The molecule has 0 saturated heterocycles. The molecular weight excluding hydrogens is 380 g/mol. The number of alkyl halides is 7. The van der Waals surface area contributed by atoms with Gasteiger partial charge in [0.25, 0.3) is 0 Å². The Labute approximate surface area is 114 Å². The van der Waals surface area contributed by atoms with E-state index >= 15 is 0 Å². The fraction of sp³-hybridized carbons (Fsp3) is 0.800. The first kappa shape index (κ1) is 18.0. The topological polar surface area (TPSA) is 0 Å². The summed E-state index contributed by atoms with van der Waals surface area (Å²) >= 11 is 1.31. The summed E-state index contributed by atoms with van der Waals surface area (Å²) < 4.78 is 86.2. The number of allylic oxidation sites excluding steroid dienone is 2. The molecule has 0 aliphatic carbocycles. The third-order valence-electron chi connectivity index (χ3n) is 2.20. The first-order chi connectivity index (χ1) is 7.95. The Morgan fingerprint density at radius 1 is 0.944 bits per heavy atom. The fourth-order valence-electron chi connectivity index (χ4n) is 1.16. The highest BCUT2D eigenvalue weighted by Crippen LogP contribution is 2.48. The van der Waals surface area contributed by atoms with E-state index in [4.69, 9.17) is 0 Å². The first-order valence-electron chi connectivity index (χ1n) is 5.15. The van der Waals surface area contributed by atoms with Crippen molar-refractivity contribution in [1.29, 1.82) is 0 Å². The van der Waals surface area contributed by atoms with Crippen molar-refractivity contribution in [1.82, 2.24) is 0 Å². The van der Waals surface area contributed by atoms with Crippen molar-refractivity contribution >= 4 is 22.6 Å². The van der Waals surface area contributed by atoms with Crippen LogP contribution in [0.5, 0.6) is 0 Å². The van der Waals surface area contributed by atoms with Gasteiger partial charge in [0.1, 0.15) is 0 Å². The maximum atomic E-state index is 13.2. The summed E-state index contributed by atoms with van der Waals surface area (Å²) in [5, 5.41) is 0. The third-order valence-corrected chi connectivity index (χ3v) is 3.05. The molecule has 8 heteroatoms. The summed E-state index contributed by atoms with van der Waals surface area (Å²) in [5.74, 6) is 0. The minimum absolute atomic E-state index is 0.00618. The molecule has 0 saturated carbocycles. The van der Waals surface area contributed by atoms with Crippen LogP contribution in [0.25, 0.3) is 0 Å². The Bertz CT molecular complexity index is 276. The van der Waals surface area contributed by atoms with Crippen LogP contribution in [0.4, 0.5) is 30.7 Å². The van der Waals surface area contributed by atoms with Crippen LogP contribution >= 0.6 is 22.6 Å². The van der Waals surface area contributed by atoms with Crippen LogP contribution in [0.15, 0.2) is 9.66 Å². The van der Waals surface area contributed by atoms with Gasteiger partial charge in [0.15, 0.2) is 0 Å². The summed E-state index contributed by atoms with van der Waals surface area (Å²) in [4.78, 5) is 0. The number of unbranched alkanes of at least 4 members (excludes halogenated alkanes) is 2. The van der Waals surface area contributed by atoms with Crippen molar-refractivity contribution in [3.05, 3.63) is 9.66 Å². The van der Waals surface area contributed by atoms with Gasteiger partial charge in [0.05, 0.1) is 0 Å². The van der Waals surface area contributed by atoms with Crippen LogP contribution in [-0.2, 0) is 0 Å². The van der Waals surface area contributed by atoms with Crippen molar-refractivity contribution in [2.24, 2.45) is 0 Å². The largest absolute Gasteiger partial charge is 0.435 e. The molecule has 0 aromatic carbocycles. The van der Waals surface area contributed by atoms with Crippen LogP contribution in [-0.4, -0.2) is 18.0 Å². The maximum Gasteiger partial charge on any atom is 0.435 e. The zero-order chi connectivity index (χ0) is 14.6. The van der Waals surface area contributed by atoms with E-state index in [9.17, 15) is 30.7 Å². The molecule has 0 aromatic rings. The molecule has 18 heavy (non-hydrogen) atoms. The highest BCUT2D eigenvalue weighted by atomic mass is 127. The summed E-state index contributed by atoms with van der Waals surface area (Å²) in [6.45, 7) is 1.83. The highest BCUT2D eigenvalue weighted by molar-refractivity contribution is 14.1. The van der Waals surface area contributed by atoms with Crippen molar-refractivity contribution in [3.8, 4) is 0 Å². The number of halogens is 8. The van der Waals surface area contributed by atoms with E-state index in [0.29, 0.717) is 12.8 Å². The van der Waals surface area contributed by atoms with E-state index in [1.807, 2.05) is 6.92 Å². The molecule has 0 bridgehead atoms. The maximum absolute atomic E-state index is 13.2. The van der Waals surface area contributed by atoms with Gasteiger partial charge in [-0.15, -0.1) is 0 Å². The van der Waals surface area contributed by atoms with E-state index in [-0.39, 0.29) is 16.1 Å². The molecule has 0 fully saturated rings. The lowest BCUT2D eigenvalue weighted by molar-refractivity contribution is -0.322. The molecule has 0 unspecified atom stereocenters. The van der Waals surface area contributed by atoms with Crippen molar-refractivity contribution in [3.63, 3.8) is 0 Å². The minimum atomic E-state index is -6.01.